The van der Waals surface area contributed by atoms with Gasteiger partial charge in [-0.15, -0.1) is 0 Å². The van der Waals surface area contributed by atoms with Crippen LogP contribution in [0.25, 0.3) is 0 Å². The molecule has 0 aliphatic rings. The average molecular weight is 307 g/mol. The predicted molar refractivity (Wildman–Crippen MR) is 102 cm³/mol. The molecule has 0 saturated carbocycles. The van der Waals surface area contributed by atoms with E-state index in [0.29, 0.717) is 0 Å². The molecule has 0 atom stereocenters. The molecule has 1 nitrogen and oxygen atoms in total. The monoisotopic (exact) mass is 306 g/mol. The van der Waals surface area contributed by atoms with Gasteiger partial charge in [0, 0.05) is 0 Å². The normalized spacial score (nSPS) is 11.3. The van der Waals surface area contributed by atoms with Crippen molar-refractivity contribution in [3.8, 4) is 0 Å². The fraction of sp³-hybridized carbons (Fsp3) is 0.714. The third-order valence-electron chi connectivity index (χ3n) is 4.54. The van der Waals surface area contributed by atoms with Gasteiger partial charge in [0.1, 0.15) is 0 Å². The van der Waals surface area contributed by atoms with Gasteiger partial charge in [-0.25, -0.2) is 0 Å². The Labute approximate surface area is 140 Å². The van der Waals surface area contributed by atoms with Crippen LogP contribution in [0.4, 0.5) is 0 Å². The van der Waals surface area contributed by atoms with Crippen molar-refractivity contribution in [1.82, 2.24) is 0 Å². The second-order valence-corrected chi connectivity index (χ2v) is 6.66. The Morgan fingerprint density at radius 1 is 0.591 bits per heavy atom. The van der Waals surface area contributed by atoms with Gasteiger partial charge < -0.3 is 4.48 Å². The molecule has 0 fully saturated rings. The van der Waals surface area contributed by atoms with E-state index in [2.05, 4.69) is 26.7 Å². The van der Waals surface area contributed by atoms with Crippen LogP contribution in [0, 0.1) is 0 Å². The molecular formula is C21H40N+. The van der Waals surface area contributed by atoms with E-state index in [4.69, 9.17) is 0 Å². The predicted octanol–water partition coefficient (Wildman–Crippen LogP) is 6.28. The zero-order chi connectivity index (χ0) is 16.5. The summed E-state index contributed by atoms with van der Waals surface area (Å²) in [6.07, 6.45) is 20.1. The molecular weight excluding hydrogens is 266 g/mol. The molecule has 1 heteroatoms. The molecule has 22 heavy (non-hydrogen) atoms. The lowest BCUT2D eigenvalue weighted by Crippen LogP contribution is -2.49. The van der Waals surface area contributed by atoms with E-state index in [0.717, 1.165) is 24.1 Å². The van der Waals surface area contributed by atoms with Gasteiger partial charge in [0.2, 0.25) is 0 Å². The lowest BCUT2D eigenvalue weighted by atomic mass is 10.1. The summed E-state index contributed by atoms with van der Waals surface area (Å²) < 4.78 is 1.05. The molecule has 0 radical (unpaired) electrons. The highest BCUT2D eigenvalue weighted by Crippen LogP contribution is 2.14. The van der Waals surface area contributed by atoms with Gasteiger partial charge in [-0.05, 0) is 31.1 Å². The van der Waals surface area contributed by atoms with Crippen LogP contribution in [0.5, 0.6) is 0 Å². The molecule has 0 rings (SSSR count). The Balaban J connectivity index is 3.77. The quantitative estimate of drug-likeness (QED) is 0.168. The fourth-order valence-corrected chi connectivity index (χ4v) is 3.25. The first kappa shape index (κ1) is 21.2. The van der Waals surface area contributed by atoms with Crippen molar-refractivity contribution in [2.45, 2.75) is 71.1 Å². The molecule has 0 aromatic heterocycles. The summed E-state index contributed by atoms with van der Waals surface area (Å²) in [5.74, 6) is 0. The minimum absolute atomic E-state index is 1.02. The molecule has 128 valence electrons. The van der Waals surface area contributed by atoms with Gasteiger partial charge in [-0.1, -0.05) is 78.0 Å². The van der Waals surface area contributed by atoms with Crippen LogP contribution in [0.2, 0.25) is 0 Å². The van der Waals surface area contributed by atoms with E-state index in [1.54, 1.807) is 0 Å². The summed E-state index contributed by atoms with van der Waals surface area (Å²) in [6, 6.07) is 0. The zero-order valence-electron chi connectivity index (χ0n) is 15.2. The second kappa shape index (κ2) is 15.1. The third kappa shape index (κ3) is 10.8. The molecule has 0 N–H and O–H groups in total. The van der Waals surface area contributed by atoms with Crippen LogP contribution in [-0.4, -0.2) is 30.7 Å². The maximum absolute atomic E-state index is 3.93. The first-order valence-electron chi connectivity index (χ1n) is 9.42. The Morgan fingerprint density at radius 2 is 0.955 bits per heavy atom. The molecule has 0 aromatic rings. The molecule has 0 aromatic carbocycles. The lowest BCUT2D eigenvalue weighted by Gasteiger charge is -2.36. The van der Waals surface area contributed by atoms with Crippen LogP contribution < -0.4 is 0 Å². The van der Waals surface area contributed by atoms with E-state index in [-0.39, 0.29) is 0 Å². The van der Waals surface area contributed by atoms with Gasteiger partial charge in [-0.2, -0.15) is 0 Å². The summed E-state index contributed by atoms with van der Waals surface area (Å²) in [4.78, 5) is 0. The smallest absolute Gasteiger partial charge is 0.0975 e. The van der Waals surface area contributed by atoms with E-state index < -0.39 is 0 Å². The summed E-state index contributed by atoms with van der Waals surface area (Å²) in [5, 5.41) is 0. The number of hydrogen-bond acceptors (Lipinski definition) is 0. The third-order valence-corrected chi connectivity index (χ3v) is 4.54. The van der Waals surface area contributed by atoms with Crippen LogP contribution in [0.1, 0.15) is 71.1 Å². The number of nitrogens with zero attached hydrogens (tertiary/aromatic N) is 1. The van der Waals surface area contributed by atoms with Crippen molar-refractivity contribution in [1.29, 1.82) is 0 Å². The molecule has 0 unspecified atom stereocenters. The second-order valence-electron chi connectivity index (χ2n) is 6.66. The zero-order valence-corrected chi connectivity index (χ0v) is 15.2. The number of rotatable bonds is 17. The minimum Gasteiger partial charge on any atom is -0.314 e. The molecule has 0 amide bonds. The fourth-order valence-electron chi connectivity index (χ4n) is 3.25. The van der Waals surface area contributed by atoms with E-state index in [1.165, 1.54) is 70.8 Å². The summed E-state index contributed by atoms with van der Waals surface area (Å²) in [7, 11) is 0. The summed E-state index contributed by atoms with van der Waals surface area (Å²) in [6.45, 7) is 18.3. The highest BCUT2D eigenvalue weighted by molar-refractivity contribution is 4.76. The van der Waals surface area contributed by atoms with Crippen molar-refractivity contribution < 1.29 is 4.48 Å². The molecule has 0 aliphatic carbocycles. The Hall–Kier alpha value is -0.820. The highest BCUT2D eigenvalue weighted by Gasteiger charge is 2.21. The van der Waals surface area contributed by atoms with Crippen LogP contribution in [0.3, 0.4) is 0 Å². The van der Waals surface area contributed by atoms with Crippen molar-refractivity contribution >= 4 is 0 Å². The van der Waals surface area contributed by atoms with Crippen LogP contribution >= 0.6 is 0 Å². The van der Waals surface area contributed by atoms with Crippen LogP contribution in [-0.2, 0) is 0 Å². The summed E-state index contributed by atoms with van der Waals surface area (Å²) >= 11 is 0. The number of quaternary nitrogens is 1. The van der Waals surface area contributed by atoms with E-state index in [9.17, 15) is 0 Å². The lowest BCUT2D eigenvalue weighted by molar-refractivity contribution is -0.912. The standard InChI is InChI=1S/C21H40N/c1-5-9-10-11-12-13-14-15-16-17-21-22(18-6-2,19-7-3)20-8-4/h6-8H,2-5,9-21H2,1H3/q+1. The topological polar surface area (TPSA) is 0 Å². The number of hydrogen-bond donors (Lipinski definition) is 0. The molecule has 0 aliphatic heterocycles. The minimum atomic E-state index is 1.02. The van der Waals surface area contributed by atoms with Gasteiger partial charge in [0.25, 0.3) is 0 Å². The molecule has 0 bridgehead atoms. The Morgan fingerprint density at radius 3 is 1.32 bits per heavy atom. The maximum Gasteiger partial charge on any atom is 0.0975 e. The average Bonchev–Trinajstić information content (AvgIpc) is 2.50. The highest BCUT2D eigenvalue weighted by atomic mass is 15.3. The van der Waals surface area contributed by atoms with Gasteiger partial charge >= 0.3 is 0 Å². The Kier molecular flexibility index (Phi) is 14.5. The molecule has 0 heterocycles. The van der Waals surface area contributed by atoms with Gasteiger partial charge in [0.05, 0.1) is 26.2 Å². The SMILES string of the molecule is C=CC[N+](CC=C)(CC=C)CCCCCCCCCCCC. The number of unbranched alkanes of at least 4 members (excludes halogenated alkanes) is 9. The Bertz CT molecular complexity index is 253. The summed E-state index contributed by atoms with van der Waals surface area (Å²) in [5.41, 5.74) is 0. The van der Waals surface area contributed by atoms with Gasteiger partial charge in [-0.3, -0.25) is 0 Å². The largest absolute Gasteiger partial charge is 0.314 e. The van der Waals surface area contributed by atoms with Crippen molar-refractivity contribution in [3.05, 3.63) is 38.0 Å². The molecule has 0 saturated heterocycles. The first-order chi connectivity index (χ1) is 10.7. The molecule has 0 spiro atoms. The van der Waals surface area contributed by atoms with E-state index >= 15 is 0 Å². The van der Waals surface area contributed by atoms with Crippen molar-refractivity contribution in [2.24, 2.45) is 0 Å². The van der Waals surface area contributed by atoms with E-state index in [1.807, 2.05) is 18.2 Å². The van der Waals surface area contributed by atoms with Gasteiger partial charge in [0.15, 0.2) is 0 Å². The first-order valence-corrected chi connectivity index (χ1v) is 9.42. The van der Waals surface area contributed by atoms with Crippen LogP contribution in [0.15, 0.2) is 38.0 Å². The maximum atomic E-state index is 3.93. The van der Waals surface area contributed by atoms with Crippen molar-refractivity contribution in [2.75, 3.05) is 26.2 Å². The van der Waals surface area contributed by atoms with Crippen molar-refractivity contribution in [3.63, 3.8) is 0 Å².